The molecule has 1 aromatic rings. The number of hydrogen-bond acceptors (Lipinski definition) is 4. The van der Waals surface area contributed by atoms with E-state index >= 15 is 0 Å². The van der Waals surface area contributed by atoms with Gasteiger partial charge in [0.15, 0.2) is 0 Å². The Morgan fingerprint density at radius 1 is 1.33 bits per heavy atom. The average Bonchev–Trinajstić information content (AvgIpc) is 2.96. The lowest BCUT2D eigenvalue weighted by molar-refractivity contribution is -0.134. The lowest BCUT2D eigenvalue weighted by atomic mass is 10.1. The van der Waals surface area contributed by atoms with Crippen LogP contribution < -0.4 is 10.2 Å². The van der Waals surface area contributed by atoms with Crippen molar-refractivity contribution in [2.45, 2.75) is 19.8 Å². The molecule has 1 aliphatic heterocycles. The maximum Gasteiger partial charge on any atom is 0.313 e. The molecule has 1 aromatic carbocycles. The summed E-state index contributed by atoms with van der Waals surface area (Å²) in [6.45, 7) is 2.87. The van der Waals surface area contributed by atoms with E-state index in [1.807, 2.05) is 24.3 Å². The minimum absolute atomic E-state index is 0.0271. The van der Waals surface area contributed by atoms with Crippen LogP contribution in [0.25, 0.3) is 0 Å². The third-order valence-corrected chi connectivity index (χ3v) is 4.87. The summed E-state index contributed by atoms with van der Waals surface area (Å²) >= 11 is 1.26. The molecule has 2 N–H and O–H groups in total. The van der Waals surface area contributed by atoms with Crippen molar-refractivity contribution in [2.75, 3.05) is 29.5 Å². The van der Waals surface area contributed by atoms with Crippen LogP contribution in [0.3, 0.4) is 0 Å². The van der Waals surface area contributed by atoms with Crippen molar-refractivity contribution in [2.24, 2.45) is 5.92 Å². The van der Waals surface area contributed by atoms with Gasteiger partial charge in [0.25, 0.3) is 0 Å². The normalized spacial score (nSPS) is 17.1. The Balaban J connectivity index is 1.82. The summed E-state index contributed by atoms with van der Waals surface area (Å²) in [5.41, 5.74) is 2.03. The van der Waals surface area contributed by atoms with Gasteiger partial charge in [-0.05, 0) is 24.1 Å². The van der Waals surface area contributed by atoms with E-state index in [0.29, 0.717) is 18.8 Å². The molecule has 7 heteroatoms. The topological polar surface area (TPSA) is 86.7 Å². The minimum atomic E-state index is -0.863. The average molecular weight is 350 g/mol. The zero-order valence-corrected chi connectivity index (χ0v) is 14.5. The largest absolute Gasteiger partial charge is 0.481 e. The Kier molecular flexibility index (Phi) is 6.66. The fraction of sp³-hybridized carbons (Fsp3) is 0.471. The maximum atomic E-state index is 12.2. The third-order valence-electron chi connectivity index (χ3n) is 3.92. The molecule has 0 radical (unpaired) electrons. The van der Waals surface area contributed by atoms with Gasteiger partial charge in [-0.3, -0.25) is 14.4 Å². The molecule has 1 aliphatic rings. The molecule has 1 saturated heterocycles. The first-order valence-corrected chi connectivity index (χ1v) is 9.13. The van der Waals surface area contributed by atoms with Gasteiger partial charge in [0.1, 0.15) is 0 Å². The van der Waals surface area contributed by atoms with Crippen molar-refractivity contribution < 1.29 is 19.5 Å². The molecule has 1 heterocycles. The predicted octanol–water partition coefficient (Wildman–Crippen LogP) is 1.54. The number of carbonyl (C=O) groups excluding carboxylic acids is 2. The van der Waals surface area contributed by atoms with Crippen LogP contribution in [0.4, 0.5) is 5.69 Å². The summed E-state index contributed by atoms with van der Waals surface area (Å²) < 4.78 is 0. The van der Waals surface area contributed by atoms with Crippen LogP contribution in [0, 0.1) is 5.92 Å². The van der Waals surface area contributed by atoms with Crippen molar-refractivity contribution in [3.8, 4) is 0 Å². The third kappa shape index (κ3) is 4.99. The fourth-order valence-corrected chi connectivity index (χ4v) is 3.16. The van der Waals surface area contributed by atoms with Gasteiger partial charge >= 0.3 is 5.97 Å². The molecule has 6 nitrogen and oxygen atoms in total. The van der Waals surface area contributed by atoms with Gasteiger partial charge in [-0.2, -0.15) is 0 Å². The molecular formula is C17H22N2O4S. The summed E-state index contributed by atoms with van der Waals surface area (Å²) in [6, 6.07) is 7.82. The molecule has 24 heavy (non-hydrogen) atoms. The minimum Gasteiger partial charge on any atom is -0.481 e. The molecule has 130 valence electrons. The zero-order valence-electron chi connectivity index (χ0n) is 13.7. The van der Waals surface area contributed by atoms with E-state index in [2.05, 4.69) is 12.2 Å². The van der Waals surface area contributed by atoms with Gasteiger partial charge in [0.2, 0.25) is 11.8 Å². The van der Waals surface area contributed by atoms with Crippen molar-refractivity contribution in [3.63, 3.8) is 0 Å². The highest BCUT2D eigenvalue weighted by atomic mass is 32.2. The number of amides is 2. The highest BCUT2D eigenvalue weighted by molar-refractivity contribution is 7.99. The molecule has 0 spiro atoms. The smallest absolute Gasteiger partial charge is 0.313 e. The molecule has 2 amide bonds. The van der Waals surface area contributed by atoms with Crippen LogP contribution in [-0.2, 0) is 20.8 Å². The number of carboxylic acid groups (broad SMARTS) is 1. The van der Waals surface area contributed by atoms with Crippen molar-refractivity contribution in [3.05, 3.63) is 29.8 Å². The van der Waals surface area contributed by atoms with Crippen LogP contribution in [0.15, 0.2) is 24.3 Å². The van der Waals surface area contributed by atoms with Crippen LogP contribution in [0.5, 0.6) is 0 Å². The maximum absolute atomic E-state index is 12.2. The van der Waals surface area contributed by atoms with Crippen molar-refractivity contribution >= 4 is 35.2 Å². The molecular weight excluding hydrogens is 328 g/mol. The number of hydrogen-bond donors (Lipinski definition) is 2. The second-order valence-electron chi connectivity index (χ2n) is 5.66. The first-order chi connectivity index (χ1) is 11.5. The van der Waals surface area contributed by atoms with E-state index in [9.17, 15) is 14.4 Å². The monoisotopic (exact) mass is 350 g/mol. The first-order valence-electron chi connectivity index (χ1n) is 7.97. The molecule has 1 atom stereocenters. The van der Waals surface area contributed by atoms with Crippen LogP contribution in [0.1, 0.15) is 18.9 Å². The van der Waals surface area contributed by atoms with E-state index in [1.165, 1.54) is 17.3 Å². The lowest BCUT2D eigenvalue weighted by Gasteiger charge is -2.17. The Labute approximate surface area is 145 Å². The Bertz CT molecular complexity index is 603. The standard InChI is InChI=1S/C17H22N2O4S/c1-2-12-3-5-14(6-4-12)19-10-13(9-15(19)20)17(23)18-7-8-24-11-16(21)22/h3-6,13H,2,7-11H2,1H3,(H,18,23)(H,21,22). The van der Waals surface area contributed by atoms with Gasteiger partial charge in [-0.15, -0.1) is 11.8 Å². The van der Waals surface area contributed by atoms with Gasteiger partial charge in [0, 0.05) is 31.0 Å². The second-order valence-corrected chi connectivity index (χ2v) is 6.77. The number of aliphatic carboxylic acids is 1. The van der Waals surface area contributed by atoms with E-state index in [1.54, 1.807) is 4.90 Å². The summed E-state index contributed by atoms with van der Waals surface area (Å²) in [4.78, 5) is 36.4. The van der Waals surface area contributed by atoms with Crippen molar-refractivity contribution in [1.29, 1.82) is 0 Å². The van der Waals surface area contributed by atoms with Gasteiger partial charge in [-0.1, -0.05) is 19.1 Å². The van der Waals surface area contributed by atoms with Gasteiger partial charge < -0.3 is 15.3 Å². The number of anilines is 1. The molecule has 0 bridgehead atoms. The number of carboxylic acids is 1. The molecule has 0 aromatic heterocycles. The Hall–Kier alpha value is -2.02. The number of carbonyl (C=O) groups is 3. The summed E-state index contributed by atoms with van der Waals surface area (Å²) in [5, 5.41) is 11.3. The predicted molar refractivity (Wildman–Crippen MR) is 94.3 cm³/mol. The number of rotatable bonds is 8. The van der Waals surface area contributed by atoms with Crippen molar-refractivity contribution in [1.82, 2.24) is 5.32 Å². The Morgan fingerprint density at radius 3 is 2.67 bits per heavy atom. The van der Waals surface area contributed by atoms with Gasteiger partial charge in [-0.25, -0.2) is 0 Å². The van der Waals surface area contributed by atoms with E-state index in [4.69, 9.17) is 5.11 Å². The van der Waals surface area contributed by atoms with Crippen LogP contribution >= 0.6 is 11.8 Å². The number of aryl methyl sites for hydroxylation is 1. The lowest BCUT2D eigenvalue weighted by Crippen LogP contribution is -2.34. The molecule has 2 rings (SSSR count). The van der Waals surface area contributed by atoms with E-state index < -0.39 is 5.97 Å². The number of nitrogens with one attached hydrogen (secondary N) is 1. The zero-order chi connectivity index (χ0) is 17.5. The highest BCUT2D eigenvalue weighted by Gasteiger charge is 2.34. The highest BCUT2D eigenvalue weighted by Crippen LogP contribution is 2.25. The number of nitrogens with zero attached hydrogens (tertiary/aromatic N) is 1. The quantitative estimate of drug-likeness (QED) is 0.695. The molecule has 0 saturated carbocycles. The van der Waals surface area contributed by atoms with E-state index in [-0.39, 0.29) is 29.9 Å². The summed E-state index contributed by atoms with van der Waals surface area (Å²) in [6.07, 6.45) is 1.16. The first kappa shape index (κ1) is 18.3. The van der Waals surface area contributed by atoms with Gasteiger partial charge in [0.05, 0.1) is 11.7 Å². The Morgan fingerprint density at radius 2 is 2.04 bits per heavy atom. The molecule has 1 unspecified atom stereocenters. The van der Waals surface area contributed by atoms with E-state index in [0.717, 1.165) is 12.1 Å². The SMILES string of the molecule is CCc1ccc(N2CC(C(=O)NCCSCC(=O)O)CC2=O)cc1. The summed E-state index contributed by atoms with van der Waals surface area (Å²) in [7, 11) is 0. The van der Waals surface area contributed by atoms with Crippen LogP contribution in [-0.4, -0.2) is 47.5 Å². The summed E-state index contributed by atoms with van der Waals surface area (Å²) in [5.74, 6) is -0.836. The van der Waals surface area contributed by atoms with Crippen LogP contribution in [0.2, 0.25) is 0 Å². The number of benzene rings is 1. The second kappa shape index (κ2) is 8.73. The fourth-order valence-electron chi connectivity index (χ4n) is 2.59. The molecule has 1 fully saturated rings. The number of thioether (sulfide) groups is 1. The molecule has 0 aliphatic carbocycles.